The van der Waals surface area contributed by atoms with Gasteiger partial charge < -0.3 is 14.4 Å². The maximum Gasteiger partial charge on any atom is 0.258 e. The molecule has 0 saturated heterocycles. The molecule has 0 saturated carbocycles. The molecule has 2 aromatic rings. The highest BCUT2D eigenvalue weighted by Crippen LogP contribution is 2.44. The lowest BCUT2D eigenvalue weighted by Crippen LogP contribution is -2.27. The quantitative estimate of drug-likeness (QED) is 0.873. The number of rotatable bonds is 3. The molecule has 1 atom stereocenters. The van der Waals surface area contributed by atoms with Crippen molar-refractivity contribution in [1.82, 2.24) is 4.90 Å². The molecule has 1 unspecified atom stereocenters. The smallest absolute Gasteiger partial charge is 0.258 e. The molecule has 1 heterocycles. The summed E-state index contributed by atoms with van der Waals surface area (Å²) in [5.74, 6) is 1.19. The fraction of sp³-hybridized carbons (Fsp3) is 0.316. The molecular weight excluding hydrogens is 290 g/mol. The number of ether oxygens (including phenoxy) is 2. The second-order valence-corrected chi connectivity index (χ2v) is 6.02. The largest absolute Gasteiger partial charge is 0.493 e. The van der Waals surface area contributed by atoms with Gasteiger partial charge in [0.15, 0.2) is 11.5 Å². The Morgan fingerprint density at radius 1 is 1.04 bits per heavy atom. The molecule has 4 rings (SSSR count). The van der Waals surface area contributed by atoms with Crippen LogP contribution in [0.1, 0.15) is 39.5 Å². The summed E-state index contributed by atoms with van der Waals surface area (Å²) in [6, 6.07) is 12.4. The number of hydrogen-bond acceptors (Lipinski definition) is 3. The van der Waals surface area contributed by atoms with Gasteiger partial charge in [0.1, 0.15) is 0 Å². The van der Waals surface area contributed by atoms with Crippen LogP contribution < -0.4 is 9.47 Å². The summed E-state index contributed by atoms with van der Waals surface area (Å²) >= 11 is 0. The van der Waals surface area contributed by atoms with Crippen molar-refractivity contribution in [2.45, 2.75) is 25.4 Å². The van der Waals surface area contributed by atoms with E-state index in [2.05, 4.69) is 24.3 Å². The number of benzene rings is 2. The third-order valence-electron chi connectivity index (χ3n) is 4.92. The molecule has 23 heavy (non-hydrogen) atoms. The van der Waals surface area contributed by atoms with Gasteiger partial charge in [0.25, 0.3) is 5.91 Å². The van der Waals surface area contributed by atoms with E-state index in [-0.39, 0.29) is 11.9 Å². The van der Waals surface area contributed by atoms with E-state index in [0.29, 0.717) is 23.6 Å². The molecule has 2 aliphatic rings. The maximum atomic E-state index is 13.0. The molecule has 1 aliphatic heterocycles. The van der Waals surface area contributed by atoms with E-state index in [1.54, 1.807) is 14.2 Å². The van der Waals surface area contributed by atoms with Crippen LogP contribution in [0.25, 0.3) is 0 Å². The fourth-order valence-corrected chi connectivity index (χ4v) is 3.84. The van der Waals surface area contributed by atoms with Crippen molar-refractivity contribution >= 4 is 5.91 Å². The molecule has 4 nitrogen and oxygen atoms in total. The summed E-state index contributed by atoms with van der Waals surface area (Å²) in [5.41, 5.74) is 4.29. The van der Waals surface area contributed by atoms with Crippen molar-refractivity contribution in [2.24, 2.45) is 0 Å². The SMILES string of the molecule is COc1ccc2c(c1OC)C(=O)N(C1CCc3ccccc31)C2. The van der Waals surface area contributed by atoms with Crippen LogP contribution in [0.5, 0.6) is 11.5 Å². The number of fused-ring (bicyclic) bond motifs is 2. The van der Waals surface area contributed by atoms with Crippen LogP contribution in [-0.4, -0.2) is 25.0 Å². The molecule has 4 heteroatoms. The predicted octanol–water partition coefficient (Wildman–Crippen LogP) is 3.35. The number of aryl methyl sites for hydroxylation is 1. The van der Waals surface area contributed by atoms with E-state index >= 15 is 0 Å². The van der Waals surface area contributed by atoms with Crippen LogP contribution >= 0.6 is 0 Å². The van der Waals surface area contributed by atoms with E-state index in [4.69, 9.17) is 9.47 Å². The van der Waals surface area contributed by atoms with E-state index in [9.17, 15) is 4.79 Å². The Morgan fingerprint density at radius 2 is 1.87 bits per heavy atom. The summed E-state index contributed by atoms with van der Waals surface area (Å²) in [7, 11) is 3.17. The second-order valence-electron chi connectivity index (χ2n) is 6.02. The molecular formula is C19H19NO3. The van der Waals surface area contributed by atoms with Gasteiger partial charge in [0.2, 0.25) is 0 Å². The lowest BCUT2D eigenvalue weighted by molar-refractivity contribution is 0.0698. The van der Waals surface area contributed by atoms with Gasteiger partial charge >= 0.3 is 0 Å². The van der Waals surface area contributed by atoms with Crippen molar-refractivity contribution in [3.8, 4) is 11.5 Å². The molecule has 118 valence electrons. The number of methoxy groups -OCH3 is 2. The summed E-state index contributed by atoms with van der Waals surface area (Å²) in [6.07, 6.45) is 2.01. The van der Waals surface area contributed by atoms with Gasteiger partial charge in [0, 0.05) is 6.54 Å². The molecule has 1 amide bonds. The predicted molar refractivity (Wildman–Crippen MR) is 86.9 cm³/mol. The minimum atomic E-state index is 0.0393. The normalized spacial score (nSPS) is 18.8. The summed E-state index contributed by atoms with van der Waals surface area (Å²) < 4.78 is 10.8. The fourth-order valence-electron chi connectivity index (χ4n) is 3.84. The van der Waals surface area contributed by atoms with Crippen molar-refractivity contribution < 1.29 is 14.3 Å². The number of amides is 1. The highest BCUT2D eigenvalue weighted by Gasteiger charge is 2.39. The lowest BCUT2D eigenvalue weighted by Gasteiger charge is -2.24. The molecule has 0 N–H and O–H groups in total. The number of nitrogens with zero attached hydrogens (tertiary/aromatic N) is 1. The Kier molecular flexibility index (Phi) is 3.26. The van der Waals surface area contributed by atoms with Gasteiger partial charge in [-0.25, -0.2) is 0 Å². The van der Waals surface area contributed by atoms with E-state index in [1.807, 2.05) is 17.0 Å². The number of carbonyl (C=O) groups excluding carboxylic acids is 1. The van der Waals surface area contributed by atoms with Crippen LogP contribution in [0.3, 0.4) is 0 Å². The van der Waals surface area contributed by atoms with Gasteiger partial charge in [-0.2, -0.15) is 0 Å². The topological polar surface area (TPSA) is 38.8 Å². The Balaban J connectivity index is 1.74. The summed E-state index contributed by atoms with van der Waals surface area (Å²) in [5, 5.41) is 0. The van der Waals surface area contributed by atoms with E-state index in [0.717, 1.165) is 18.4 Å². The first-order valence-electron chi connectivity index (χ1n) is 7.87. The van der Waals surface area contributed by atoms with E-state index < -0.39 is 0 Å². The molecule has 1 aliphatic carbocycles. The molecule has 0 radical (unpaired) electrons. The van der Waals surface area contributed by atoms with Crippen LogP contribution in [0, 0.1) is 0 Å². The van der Waals surface area contributed by atoms with Crippen LogP contribution in [0.15, 0.2) is 36.4 Å². The van der Waals surface area contributed by atoms with Gasteiger partial charge in [-0.05, 0) is 35.6 Å². The van der Waals surface area contributed by atoms with Crippen LogP contribution in [0.2, 0.25) is 0 Å². The summed E-state index contributed by atoms with van der Waals surface area (Å²) in [6.45, 7) is 0.632. The number of hydrogen-bond donors (Lipinski definition) is 0. The standard InChI is InChI=1S/C19H19NO3/c1-22-16-10-8-13-11-20(19(21)17(13)18(16)23-2)15-9-7-12-5-3-4-6-14(12)15/h3-6,8,10,15H,7,9,11H2,1-2H3. The first-order chi connectivity index (χ1) is 11.2. The Morgan fingerprint density at radius 3 is 2.65 bits per heavy atom. The second kappa shape index (κ2) is 5.30. The zero-order valence-electron chi connectivity index (χ0n) is 13.3. The first-order valence-corrected chi connectivity index (χ1v) is 7.87. The van der Waals surface area contributed by atoms with Crippen molar-refractivity contribution in [3.63, 3.8) is 0 Å². The molecule has 0 fully saturated rings. The van der Waals surface area contributed by atoms with Gasteiger partial charge in [-0.15, -0.1) is 0 Å². The highest BCUT2D eigenvalue weighted by molar-refractivity contribution is 6.02. The monoisotopic (exact) mass is 309 g/mol. The van der Waals surface area contributed by atoms with Crippen molar-refractivity contribution in [2.75, 3.05) is 14.2 Å². The zero-order valence-corrected chi connectivity index (χ0v) is 13.3. The Labute approximate surface area is 135 Å². The first kappa shape index (κ1) is 14.1. The lowest BCUT2D eigenvalue weighted by atomic mass is 10.1. The van der Waals surface area contributed by atoms with Crippen LogP contribution in [-0.2, 0) is 13.0 Å². The third-order valence-corrected chi connectivity index (χ3v) is 4.92. The summed E-state index contributed by atoms with van der Waals surface area (Å²) in [4.78, 5) is 15.0. The van der Waals surface area contributed by atoms with Gasteiger partial charge in [0.05, 0.1) is 25.8 Å². The average Bonchev–Trinajstić information content (AvgIpc) is 3.15. The molecule has 0 spiro atoms. The molecule has 2 aromatic carbocycles. The Hall–Kier alpha value is -2.49. The van der Waals surface area contributed by atoms with E-state index in [1.165, 1.54) is 11.1 Å². The molecule has 0 aromatic heterocycles. The number of carbonyl (C=O) groups is 1. The minimum Gasteiger partial charge on any atom is -0.493 e. The maximum absolute atomic E-state index is 13.0. The van der Waals surface area contributed by atoms with Crippen molar-refractivity contribution in [1.29, 1.82) is 0 Å². The highest BCUT2D eigenvalue weighted by atomic mass is 16.5. The van der Waals surface area contributed by atoms with Crippen molar-refractivity contribution in [3.05, 3.63) is 58.7 Å². The van der Waals surface area contributed by atoms with Gasteiger partial charge in [-0.1, -0.05) is 30.3 Å². The molecule has 0 bridgehead atoms. The van der Waals surface area contributed by atoms with Crippen LogP contribution in [0.4, 0.5) is 0 Å². The third kappa shape index (κ3) is 2.01. The van der Waals surface area contributed by atoms with Gasteiger partial charge in [-0.3, -0.25) is 4.79 Å². The Bertz CT molecular complexity index is 784. The minimum absolute atomic E-state index is 0.0393. The zero-order chi connectivity index (χ0) is 16.0. The average molecular weight is 309 g/mol.